The number of benzene rings is 3. The van der Waals surface area contributed by atoms with Crippen LogP contribution in [-0.4, -0.2) is 199 Å². The summed E-state index contributed by atoms with van der Waals surface area (Å²) >= 11 is 0. The zero-order valence-electron chi connectivity index (χ0n) is 59.1. The molecule has 0 aliphatic carbocycles. The molecule has 4 heterocycles. The molecular weight excluding hydrogens is 1360 g/mol. The number of aromatic nitrogens is 3. The van der Waals surface area contributed by atoms with E-state index in [9.17, 15) is 82.1 Å². The van der Waals surface area contributed by atoms with Gasteiger partial charge in [-0.05, 0) is 101 Å². The van der Waals surface area contributed by atoms with Gasteiger partial charge in [0.15, 0.2) is 0 Å². The van der Waals surface area contributed by atoms with E-state index in [1.54, 1.807) is 74.6 Å². The van der Waals surface area contributed by atoms with Crippen molar-refractivity contribution in [3.05, 3.63) is 125 Å². The number of para-hydroxylation sites is 1. The molecule has 5 aromatic rings. The number of aliphatic carboxylic acids is 1. The average molecular weight is 1460 g/mol. The van der Waals surface area contributed by atoms with E-state index < -0.39 is 181 Å². The molecule has 564 valence electrons. The minimum absolute atomic E-state index is 0.00781. The van der Waals surface area contributed by atoms with Crippen LogP contribution in [0.5, 0.6) is 0 Å². The summed E-state index contributed by atoms with van der Waals surface area (Å²) in [4.78, 5) is 224. The molecule has 14 amide bonds. The fourth-order valence-corrected chi connectivity index (χ4v) is 11.7. The van der Waals surface area contributed by atoms with Crippen LogP contribution in [0.25, 0.3) is 10.9 Å². The third-order valence-electron chi connectivity index (χ3n) is 17.6. The lowest BCUT2D eigenvalue weighted by atomic mass is 10.0. The fourth-order valence-electron chi connectivity index (χ4n) is 11.7. The van der Waals surface area contributed by atoms with Crippen LogP contribution in [0.15, 0.2) is 91.5 Å². The smallest absolute Gasteiger partial charge is 0.303 e. The van der Waals surface area contributed by atoms with Crippen molar-refractivity contribution < 1.29 is 82.1 Å². The monoisotopic (exact) mass is 1460 g/mol. The highest BCUT2D eigenvalue weighted by Gasteiger charge is 2.38. The van der Waals surface area contributed by atoms with Gasteiger partial charge in [0.1, 0.15) is 66.5 Å². The number of hydrogen-bond donors (Lipinski definition) is 18. The highest BCUT2D eigenvalue weighted by molar-refractivity contribution is 6.06. The first-order valence-corrected chi connectivity index (χ1v) is 34.8. The lowest BCUT2D eigenvalue weighted by Crippen LogP contribution is -2.62. The number of hydrogen-bond acceptors (Lipinski definition) is 17. The Morgan fingerprint density at radius 1 is 0.552 bits per heavy atom. The van der Waals surface area contributed by atoms with Crippen molar-refractivity contribution in [2.24, 2.45) is 11.7 Å². The average Bonchev–Trinajstić information content (AvgIpc) is 1.75. The minimum Gasteiger partial charge on any atom is -0.481 e. The Morgan fingerprint density at radius 3 is 1.73 bits per heavy atom. The van der Waals surface area contributed by atoms with Crippen LogP contribution in [0, 0.1) is 5.92 Å². The van der Waals surface area contributed by atoms with Crippen molar-refractivity contribution in [2.45, 2.75) is 191 Å². The number of amides is 14. The summed E-state index contributed by atoms with van der Waals surface area (Å²) in [6.45, 7) is 8.11. The summed E-state index contributed by atoms with van der Waals surface area (Å²) in [6.07, 6.45) is 0.847. The molecule has 19 N–H and O–H groups in total. The first-order chi connectivity index (χ1) is 50.0. The van der Waals surface area contributed by atoms with Crippen molar-refractivity contribution in [2.75, 3.05) is 13.1 Å². The zero-order valence-corrected chi connectivity index (χ0v) is 59.1. The second-order valence-corrected chi connectivity index (χ2v) is 26.5. The maximum atomic E-state index is 14.9. The van der Waals surface area contributed by atoms with E-state index >= 15 is 0 Å². The molecule has 1 unspecified atom stereocenters. The Balaban J connectivity index is 1.35. The first kappa shape index (κ1) is 80.7. The van der Waals surface area contributed by atoms with E-state index in [4.69, 9.17) is 5.73 Å². The molecule has 2 aliphatic heterocycles. The number of carboxylic acids is 1. The molecule has 0 saturated carbocycles. The number of aromatic amines is 2. The Morgan fingerprint density at radius 2 is 1.10 bits per heavy atom. The number of carbonyl (C=O) groups is 15. The van der Waals surface area contributed by atoms with E-state index in [-0.39, 0.29) is 86.2 Å². The summed E-state index contributed by atoms with van der Waals surface area (Å²) in [6, 6.07) is 1.09. The second-order valence-electron chi connectivity index (χ2n) is 26.5. The number of unbranched alkanes of at least 4 members (excludes halogenated alkanes) is 1. The summed E-state index contributed by atoms with van der Waals surface area (Å²) in [5.41, 5.74) is 6.60. The van der Waals surface area contributed by atoms with Crippen LogP contribution in [0.2, 0.25) is 0 Å². The number of aliphatic hydroxyl groups is 1. The fraction of sp³-hybridized carbons (Fsp3) is 0.465. The van der Waals surface area contributed by atoms with Gasteiger partial charge in [-0.2, -0.15) is 0 Å². The minimum atomic E-state index is -1.94. The van der Waals surface area contributed by atoms with Gasteiger partial charge in [-0.25, -0.2) is 4.98 Å². The van der Waals surface area contributed by atoms with Crippen LogP contribution in [-0.2, 0) is 76.8 Å². The Labute approximate surface area is 604 Å². The van der Waals surface area contributed by atoms with E-state index in [1.807, 2.05) is 6.92 Å². The third-order valence-corrected chi connectivity index (χ3v) is 17.6. The van der Waals surface area contributed by atoms with Gasteiger partial charge in [-0.1, -0.05) is 82.1 Å². The van der Waals surface area contributed by atoms with E-state index in [0.29, 0.717) is 34.9 Å². The first-order valence-electron chi connectivity index (χ1n) is 34.8. The predicted octanol–water partition coefficient (Wildman–Crippen LogP) is -1.77. The SMILES string of the molecule is CCCC[C@@H]1NC(=O)[C@@H]2CCCCNC(=O)c3cc(cc(c3)C(=O)N[C@@H](C)C(=O)N[C@H](Cc3ccccc3)C(=O)N[C@@H](Cc3c[nH]c4ccccc34)C(=O)NC([C@H](C)O)C(=O)N[C@H](CCC(=O)O)C(=O)N2)C(=O)NC[C@@H](C(N)=O)NC(=O)[C@H](Cc2c[nH]cn2)NC(=O)[C@H](C)NC(=O)[C@@H](CC(C)C)NC1=O. The molecule has 105 heavy (non-hydrogen) atoms. The number of carbonyl (C=O) groups excluding carboxylic acids is 14. The maximum Gasteiger partial charge on any atom is 0.303 e. The molecule has 0 spiro atoms. The third kappa shape index (κ3) is 24.0. The Hall–Kier alpha value is -11.6. The lowest BCUT2D eigenvalue weighted by Gasteiger charge is -2.29. The number of H-pyrrole nitrogens is 2. The molecule has 0 radical (unpaired) electrons. The van der Waals surface area contributed by atoms with Gasteiger partial charge >= 0.3 is 5.97 Å². The molecule has 2 aliphatic rings. The highest BCUT2D eigenvalue weighted by atomic mass is 16.4. The van der Waals surface area contributed by atoms with Crippen LogP contribution in [0.3, 0.4) is 0 Å². The summed E-state index contributed by atoms with van der Waals surface area (Å²) < 4.78 is 0. The summed E-state index contributed by atoms with van der Waals surface area (Å²) in [5, 5.41) is 55.3. The largest absolute Gasteiger partial charge is 0.481 e. The van der Waals surface area contributed by atoms with Crippen LogP contribution in [0.4, 0.5) is 0 Å². The highest BCUT2D eigenvalue weighted by Crippen LogP contribution is 2.21. The van der Waals surface area contributed by atoms with E-state index in [0.717, 1.165) is 25.1 Å². The standard InChI is InChI=1S/C71H93N17O17/c1-7-8-19-48-65(99)85-51(25-36(2)3)67(101)79-38(5)60(94)84-54(31-45-33-73-35-77-45)69(103)87-55(58(72)92)34-76-62(96)42-27-41-28-43(29-42)63(97)78-37(4)59(93)83-52(26-40-16-10-9-11-17-40)68(102)86-53(30-44-32-75-47-20-13-12-18-46(44)47)70(104)88-57(39(6)89)71(105)82-50(22-23-56(90)91)66(100)81-49(64(98)80-48)21-14-15-24-74-61(41)95/h9-13,16-18,20,27-29,32-33,35-39,48-55,57,75,89H,7-8,14-15,19,21-26,30-31,34H2,1-6H3,(H2,72,92)(H,73,77)(H,74,95)(H,76,96)(H,78,97)(H,79,101)(H,80,98)(H,81,100)(H,82,105)(H,83,93)(H,84,94)(H,85,99)(H,86,102)(H,87,103)(H,88,104)(H,90,91)/t37-,38-,39-,48-,49-,50+,51+,52+,53-,54-,55-,57?/m0/s1. The molecule has 34 heteroatoms. The maximum absolute atomic E-state index is 14.9. The van der Waals surface area contributed by atoms with Crippen molar-refractivity contribution >= 4 is 99.6 Å². The number of imidazole rings is 1. The molecule has 34 nitrogen and oxygen atoms in total. The lowest BCUT2D eigenvalue weighted by molar-refractivity contribution is -0.139. The Bertz CT molecular complexity index is 3980. The molecule has 2 aromatic heterocycles. The number of primary amides is 1. The van der Waals surface area contributed by atoms with Gasteiger partial charge in [0.05, 0.1) is 18.1 Å². The molecule has 0 saturated heterocycles. The van der Waals surface area contributed by atoms with Gasteiger partial charge in [0.2, 0.25) is 65.0 Å². The number of carboxylic acid groups (broad SMARTS) is 1. The molecule has 0 fully saturated rings. The van der Waals surface area contributed by atoms with Gasteiger partial charge in [-0.3, -0.25) is 71.9 Å². The van der Waals surface area contributed by atoms with Crippen molar-refractivity contribution in [3.8, 4) is 0 Å². The van der Waals surface area contributed by atoms with Crippen molar-refractivity contribution in [3.63, 3.8) is 0 Å². The number of nitrogens with two attached hydrogens (primary N) is 1. The van der Waals surface area contributed by atoms with Crippen LogP contribution in [0.1, 0.15) is 147 Å². The van der Waals surface area contributed by atoms with Crippen molar-refractivity contribution in [1.82, 2.24) is 84.1 Å². The van der Waals surface area contributed by atoms with E-state index in [2.05, 4.69) is 84.1 Å². The molecule has 12 atom stereocenters. The number of nitrogens with one attached hydrogen (secondary N) is 15. The van der Waals surface area contributed by atoms with Gasteiger partial charge < -0.3 is 95.0 Å². The topological polar surface area (TPSA) is 523 Å². The van der Waals surface area contributed by atoms with Gasteiger partial charge in [-0.15, -0.1) is 0 Å². The van der Waals surface area contributed by atoms with Gasteiger partial charge in [0.25, 0.3) is 17.7 Å². The predicted molar refractivity (Wildman–Crippen MR) is 378 cm³/mol. The molecule has 7 rings (SSSR count). The van der Waals surface area contributed by atoms with Crippen molar-refractivity contribution in [1.29, 1.82) is 0 Å². The number of nitrogens with zero attached hydrogens (tertiary/aromatic N) is 1. The quantitative estimate of drug-likeness (QED) is 0.0520. The van der Waals surface area contributed by atoms with Crippen LogP contribution < -0.4 is 74.9 Å². The number of fused-ring (bicyclic) bond motifs is 9. The normalized spacial score (nSPS) is 24.3. The second kappa shape index (κ2) is 38.6. The summed E-state index contributed by atoms with van der Waals surface area (Å²) in [5.74, 6) is -15.8. The zero-order chi connectivity index (χ0) is 76.6. The Kier molecular flexibility index (Phi) is 29.7. The molecule has 3 aromatic carbocycles. The molecule has 4 bridgehead atoms. The summed E-state index contributed by atoms with van der Waals surface area (Å²) in [7, 11) is 0. The van der Waals surface area contributed by atoms with Crippen LogP contribution >= 0.6 is 0 Å². The van der Waals surface area contributed by atoms with E-state index in [1.165, 1.54) is 26.4 Å². The molecular formula is C71H93N17O17. The number of aliphatic hydroxyl groups excluding tert-OH is 1. The number of rotatable bonds is 16. The van der Waals surface area contributed by atoms with Gasteiger partial charge in [0, 0.05) is 78.8 Å².